The van der Waals surface area contributed by atoms with Gasteiger partial charge in [0.05, 0.1) is 15.3 Å². The Hall–Kier alpha value is -2.01. The molecule has 1 aromatic carbocycles. The van der Waals surface area contributed by atoms with Gasteiger partial charge in [-0.3, -0.25) is 0 Å². The Kier molecular flexibility index (Phi) is 3.39. The molecular weight excluding hydrogens is 405 g/mol. The number of piperidine rings is 2. The highest BCUT2D eigenvalue weighted by Crippen LogP contribution is 2.62. The molecule has 31 heavy (non-hydrogen) atoms. The highest BCUT2D eigenvalue weighted by Gasteiger charge is 2.65. The van der Waals surface area contributed by atoms with E-state index in [0.29, 0.717) is 16.3 Å². The van der Waals surface area contributed by atoms with Gasteiger partial charge in [-0.2, -0.15) is 0 Å². The minimum Gasteiger partial charge on any atom is -0.371 e. The summed E-state index contributed by atoms with van der Waals surface area (Å²) in [5.41, 5.74) is 3.40. The molecule has 0 radical (unpaired) electrons. The van der Waals surface area contributed by atoms with Gasteiger partial charge in [-0.25, -0.2) is 13.9 Å². The lowest BCUT2D eigenvalue weighted by Crippen LogP contribution is -2.31. The minimum absolute atomic E-state index is 0.198. The van der Waals surface area contributed by atoms with Gasteiger partial charge in [-0.15, -0.1) is 11.3 Å². The second-order valence-electron chi connectivity index (χ2n) is 11.5. The van der Waals surface area contributed by atoms with Crippen LogP contribution in [0.15, 0.2) is 30.3 Å². The van der Waals surface area contributed by atoms with Crippen LogP contribution in [0.4, 0.5) is 10.1 Å². The summed E-state index contributed by atoms with van der Waals surface area (Å²) in [5.74, 6) is 2.97. The third-order valence-corrected chi connectivity index (χ3v) is 10.5. The van der Waals surface area contributed by atoms with Gasteiger partial charge in [0.1, 0.15) is 18.6 Å². The van der Waals surface area contributed by atoms with Crippen molar-refractivity contribution in [1.82, 2.24) is 9.56 Å². The molecule has 0 spiro atoms. The number of halogens is 1. The molecule has 2 saturated carbocycles. The Morgan fingerprint density at radius 3 is 2.35 bits per heavy atom. The van der Waals surface area contributed by atoms with Gasteiger partial charge in [-0.1, -0.05) is 27.7 Å². The summed E-state index contributed by atoms with van der Waals surface area (Å²) in [4.78, 5) is 8.22. The SMILES string of the molecule is CC1(C)C2CN(c3cc(F)c4nc5ccc(=[N+]6CC7C(C6)C7(C)C)cc-5sc4c3)CC21. The summed E-state index contributed by atoms with van der Waals surface area (Å²) >= 11 is 1.68. The van der Waals surface area contributed by atoms with Crippen LogP contribution in [-0.2, 0) is 0 Å². The standard InChI is InChI=1S/C26H29FN3S/c1-25(2)16-10-29(11-17(16)25)14-5-6-21-22(8-14)31-23-9-15(7-20(27)24(23)28-21)30-12-18-19(13-30)26(18,3)4/h5-9,16-19H,10-13H2,1-4H3/q+1. The molecule has 7 rings (SSSR count). The van der Waals surface area contributed by atoms with Crippen LogP contribution in [-0.4, -0.2) is 31.2 Å². The molecule has 4 atom stereocenters. The van der Waals surface area contributed by atoms with Crippen LogP contribution >= 0.6 is 11.3 Å². The van der Waals surface area contributed by atoms with Crippen molar-refractivity contribution in [1.29, 1.82) is 0 Å². The number of fused-ring (bicyclic) bond motifs is 4. The van der Waals surface area contributed by atoms with E-state index in [4.69, 9.17) is 4.98 Å². The van der Waals surface area contributed by atoms with Crippen molar-refractivity contribution < 1.29 is 4.39 Å². The molecule has 6 aliphatic rings. The fourth-order valence-electron chi connectivity index (χ4n) is 6.73. The predicted molar refractivity (Wildman–Crippen MR) is 125 cm³/mol. The van der Waals surface area contributed by atoms with E-state index >= 15 is 4.39 Å². The van der Waals surface area contributed by atoms with E-state index in [0.717, 1.165) is 70.8 Å². The van der Waals surface area contributed by atoms with Crippen molar-refractivity contribution in [2.45, 2.75) is 27.7 Å². The molecule has 5 heteroatoms. The van der Waals surface area contributed by atoms with Crippen LogP contribution < -0.4 is 14.8 Å². The highest BCUT2D eigenvalue weighted by atomic mass is 32.1. The van der Waals surface area contributed by atoms with E-state index < -0.39 is 0 Å². The monoisotopic (exact) mass is 434 g/mol. The smallest absolute Gasteiger partial charge is 0.201 e. The van der Waals surface area contributed by atoms with Gasteiger partial charge in [0.15, 0.2) is 5.82 Å². The number of benzene rings is 2. The quantitative estimate of drug-likeness (QED) is 0.409. The molecule has 160 valence electrons. The third kappa shape index (κ3) is 2.50. The van der Waals surface area contributed by atoms with E-state index in [9.17, 15) is 0 Å². The Morgan fingerprint density at radius 1 is 0.968 bits per heavy atom. The molecule has 2 saturated heterocycles. The first-order valence-corrected chi connectivity index (χ1v) is 12.4. The predicted octanol–water partition coefficient (Wildman–Crippen LogP) is 4.69. The van der Waals surface area contributed by atoms with Crippen molar-refractivity contribution >= 4 is 27.2 Å². The molecular formula is C26H29FN3S+. The first kappa shape index (κ1) is 18.6. The van der Waals surface area contributed by atoms with Crippen molar-refractivity contribution in [2.75, 3.05) is 31.1 Å². The maximum atomic E-state index is 15.0. The lowest BCUT2D eigenvalue weighted by molar-refractivity contribution is 0.439. The van der Waals surface area contributed by atoms with Crippen molar-refractivity contribution in [3.8, 4) is 10.6 Å². The van der Waals surface area contributed by atoms with Gasteiger partial charge < -0.3 is 4.90 Å². The molecule has 3 aliphatic heterocycles. The second kappa shape index (κ2) is 5.67. The third-order valence-electron chi connectivity index (χ3n) is 9.38. The highest BCUT2D eigenvalue weighted by molar-refractivity contribution is 7.21. The molecule has 0 amide bonds. The van der Waals surface area contributed by atoms with Gasteiger partial charge in [0.2, 0.25) is 5.36 Å². The largest absolute Gasteiger partial charge is 0.371 e. The molecule has 3 nitrogen and oxygen atoms in total. The number of hydrogen-bond donors (Lipinski definition) is 0. The molecule has 4 unspecified atom stereocenters. The van der Waals surface area contributed by atoms with Gasteiger partial charge >= 0.3 is 0 Å². The van der Waals surface area contributed by atoms with Crippen LogP contribution in [0.1, 0.15) is 27.7 Å². The Morgan fingerprint density at radius 2 is 1.65 bits per heavy atom. The first-order valence-electron chi connectivity index (χ1n) is 11.6. The summed E-state index contributed by atoms with van der Waals surface area (Å²) in [5, 5.41) is 1.28. The number of aromatic nitrogens is 1. The molecule has 3 aliphatic carbocycles. The lowest BCUT2D eigenvalue weighted by Gasteiger charge is -2.24. The van der Waals surface area contributed by atoms with Crippen molar-refractivity contribution in [3.05, 3.63) is 41.5 Å². The Labute approximate surface area is 186 Å². The normalized spacial score (nSPS) is 31.9. The van der Waals surface area contributed by atoms with E-state index in [2.05, 4.69) is 61.4 Å². The zero-order chi connectivity index (χ0) is 21.3. The van der Waals surface area contributed by atoms with Gasteiger partial charge in [-0.05, 0) is 40.9 Å². The van der Waals surface area contributed by atoms with Crippen molar-refractivity contribution in [3.63, 3.8) is 0 Å². The van der Waals surface area contributed by atoms with Gasteiger partial charge in [0.25, 0.3) is 0 Å². The molecule has 0 N–H and O–H groups in total. The second-order valence-corrected chi connectivity index (χ2v) is 12.6. The summed E-state index contributed by atoms with van der Waals surface area (Å²) in [6, 6.07) is 10.4. The molecule has 0 bridgehead atoms. The zero-order valence-corrected chi connectivity index (χ0v) is 19.5. The Bertz CT molecular complexity index is 1280. The van der Waals surface area contributed by atoms with Crippen molar-refractivity contribution in [2.24, 2.45) is 34.5 Å². The fraction of sp³-hybridized carbons (Fsp3) is 0.538. The molecule has 4 fully saturated rings. The van der Waals surface area contributed by atoms with E-state index in [-0.39, 0.29) is 5.82 Å². The minimum atomic E-state index is -0.198. The molecule has 0 aromatic heterocycles. The zero-order valence-electron chi connectivity index (χ0n) is 18.7. The van der Waals surface area contributed by atoms with Crippen LogP contribution in [0.25, 0.3) is 20.8 Å². The van der Waals surface area contributed by atoms with Crippen LogP contribution in [0.5, 0.6) is 0 Å². The van der Waals surface area contributed by atoms with Crippen LogP contribution in [0.3, 0.4) is 0 Å². The van der Waals surface area contributed by atoms with Gasteiger partial charge in [0, 0.05) is 42.7 Å². The maximum Gasteiger partial charge on any atom is 0.201 e. The van der Waals surface area contributed by atoms with E-state index in [1.807, 2.05) is 0 Å². The molecule has 1 aromatic rings. The maximum absolute atomic E-state index is 15.0. The topological polar surface area (TPSA) is 19.1 Å². The van der Waals surface area contributed by atoms with Crippen LogP contribution in [0, 0.1) is 40.3 Å². The van der Waals surface area contributed by atoms with Crippen LogP contribution in [0.2, 0.25) is 0 Å². The first-order chi connectivity index (χ1) is 14.7. The fourth-order valence-corrected chi connectivity index (χ4v) is 7.78. The summed E-state index contributed by atoms with van der Waals surface area (Å²) in [6.45, 7) is 13.9. The summed E-state index contributed by atoms with van der Waals surface area (Å²) in [6.07, 6.45) is 0. The summed E-state index contributed by atoms with van der Waals surface area (Å²) in [7, 11) is 0. The average Bonchev–Trinajstić information content (AvgIpc) is 3.24. The lowest BCUT2D eigenvalue weighted by atomic mass is 10.1. The number of anilines is 1. The van der Waals surface area contributed by atoms with E-state index in [1.54, 1.807) is 17.4 Å². The number of hydrogen-bond acceptors (Lipinski definition) is 3. The average molecular weight is 435 g/mol. The Balaban J connectivity index is 1.28. The molecule has 3 heterocycles. The van der Waals surface area contributed by atoms with E-state index in [1.165, 1.54) is 5.36 Å². The number of nitrogens with zero attached hydrogens (tertiary/aromatic N) is 3. The number of rotatable bonds is 1. The summed E-state index contributed by atoms with van der Waals surface area (Å²) < 4.78 is 18.5.